The van der Waals surface area contributed by atoms with Crippen LogP contribution in [0.4, 0.5) is 0 Å². The summed E-state index contributed by atoms with van der Waals surface area (Å²) in [5, 5.41) is -0.907. The van der Waals surface area contributed by atoms with E-state index in [1.54, 1.807) is 24.3 Å². The lowest BCUT2D eigenvalue weighted by molar-refractivity contribution is -0.116. The topological polar surface area (TPSA) is 51.2 Å². The van der Waals surface area contributed by atoms with E-state index >= 15 is 0 Å². The van der Waals surface area contributed by atoms with E-state index in [2.05, 4.69) is 0 Å². The number of hydrogen-bond acceptors (Lipinski definition) is 3. The van der Waals surface area contributed by atoms with Crippen LogP contribution < -0.4 is 0 Å². The van der Waals surface area contributed by atoms with Crippen LogP contribution in [0.5, 0.6) is 0 Å². The molecule has 0 saturated carbocycles. The van der Waals surface area contributed by atoms with Crippen LogP contribution in [-0.4, -0.2) is 19.5 Å². The van der Waals surface area contributed by atoms with E-state index in [0.717, 1.165) is 5.56 Å². The molecule has 0 heterocycles. The fourth-order valence-corrected chi connectivity index (χ4v) is 3.56. The Kier molecular flexibility index (Phi) is 4.46. The molecule has 4 heteroatoms. The number of hydrogen-bond donors (Lipinski definition) is 0. The minimum Gasteiger partial charge on any atom is -0.299 e. The number of carbonyl (C=O) groups excluding carboxylic acids is 1. The van der Waals surface area contributed by atoms with Gasteiger partial charge in [0.05, 0.1) is 4.90 Å². The summed E-state index contributed by atoms with van der Waals surface area (Å²) in [4.78, 5) is 11.7. The molecule has 0 aromatic heterocycles. The van der Waals surface area contributed by atoms with Gasteiger partial charge in [0, 0.05) is 0 Å². The molecule has 0 radical (unpaired) electrons. The molecule has 0 spiro atoms. The maximum atomic E-state index is 12.3. The number of benzene rings is 1. The van der Waals surface area contributed by atoms with Crippen molar-refractivity contribution in [1.82, 2.24) is 0 Å². The van der Waals surface area contributed by atoms with E-state index in [1.807, 2.05) is 13.8 Å². The highest BCUT2D eigenvalue weighted by molar-refractivity contribution is 7.92. The van der Waals surface area contributed by atoms with Crippen molar-refractivity contribution in [2.45, 2.75) is 43.8 Å². The van der Waals surface area contributed by atoms with Gasteiger partial charge in [-0.1, -0.05) is 31.0 Å². The van der Waals surface area contributed by atoms with Crippen molar-refractivity contribution in [3.05, 3.63) is 29.8 Å². The van der Waals surface area contributed by atoms with Crippen LogP contribution in [-0.2, 0) is 14.6 Å². The quantitative estimate of drug-likeness (QED) is 0.811. The van der Waals surface area contributed by atoms with Gasteiger partial charge in [0.1, 0.15) is 11.0 Å². The number of aryl methyl sites for hydroxylation is 1. The Morgan fingerprint density at radius 3 is 2.18 bits per heavy atom. The van der Waals surface area contributed by atoms with E-state index in [4.69, 9.17) is 0 Å². The van der Waals surface area contributed by atoms with Gasteiger partial charge >= 0.3 is 0 Å². The summed E-state index contributed by atoms with van der Waals surface area (Å²) in [6.07, 6.45) is 1.06. The van der Waals surface area contributed by atoms with Crippen molar-refractivity contribution in [3.63, 3.8) is 0 Å². The van der Waals surface area contributed by atoms with Crippen LogP contribution in [0, 0.1) is 6.92 Å². The smallest absolute Gasteiger partial charge is 0.188 e. The lowest BCUT2D eigenvalue weighted by Gasteiger charge is -2.14. The van der Waals surface area contributed by atoms with E-state index < -0.39 is 15.1 Å². The summed E-state index contributed by atoms with van der Waals surface area (Å²) >= 11 is 0. The molecule has 1 rings (SSSR count). The van der Waals surface area contributed by atoms with Crippen molar-refractivity contribution in [2.24, 2.45) is 0 Å². The van der Waals surface area contributed by atoms with Crippen molar-refractivity contribution in [1.29, 1.82) is 0 Å². The number of carbonyl (C=O) groups is 1. The molecule has 0 aliphatic carbocycles. The lowest BCUT2D eigenvalue weighted by Crippen LogP contribution is -2.28. The first-order chi connectivity index (χ1) is 7.89. The summed E-state index contributed by atoms with van der Waals surface area (Å²) in [5.74, 6) is -0.285. The van der Waals surface area contributed by atoms with Crippen molar-refractivity contribution < 1.29 is 13.2 Å². The van der Waals surface area contributed by atoms with Crippen LogP contribution in [0.2, 0.25) is 0 Å². The number of sulfone groups is 1. The number of ketones is 1. The van der Waals surface area contributed by atoms with Crippen molar-refractivity contribution >= 4 is 15.6 Å². The predicted molar refractivity (Wildman–Crippen MR) is 67.7 cm³/mol. The van der Waals surface area contributed by atoms with E-state index in [0.29, 0.717) is 12.8 Å². The highest BCUT2D eigenvalue weighted by Gasteiger charge is 2.30. The molecule has 1 atom stereocenters. The third-order valence-electron chi connectivity index (χ3n) is 2.73. The van der Waals surface area contributed by atoms with Crippen molar-refractivity contribution in [2.75, 3.05) is 0 Å². The summed E-state index contributed by atoms with van der Waals surface area (Å²) in [6.45, 7) is 5.11. The third kappa shape index (κ3) is 3.16. The molecule has 0 aliphatic heterocycles. The molecule has 17 heavy (non-hydrogen) atoms. The van der Waals surface area contributed by atoms with Gasteiger partial charge < -0.3 is 0 Å². The lowest BCUT2D eigenvalue weighted by atomic mass is 10.2. The Labute approximate surface area is 103 Å². The minimum absolute atomic E-state index is 0.233. The Hall–Kier alpha value is -1.16. The minimum atomic E-state index is -3.53. The molecule has 1 aromatic carbocycles. The summed E-state index contributed by atoms with van der Waals surface area (Å²) in [6, 6.07) is 6.62. The molecule has 1 unspecified atom stereocenters. The molecule has 0 aliphatic rings. The van der Waals surface area contributed by atoms with Gasteiger partial charge in [-0.05, 0) is 32.4 Å². The Bertz CT molecular complexity index is 486. The van der Waals surface area contributed by atoms with Crippen LogP contribution in [0.25, 0.3) is 0 Å². The average molecular weight is 254 g/mol. The second-order valence-electron chi connectivity index (χ2n) is 4.25. The van der Waals surface area contributed by atoms with Gasteiger partial charge in [-0.2, -0.15) is 0 Å². The normalized spacial score (nSPS) is 13.4. The van der Waals surface area contributed by atoms with Gasteiger partial charge in [0.25, 0.3) is 0 Å². The zero-order valence-electron chi connectivity index (χ0n) is 10.4. The average Bonchev–Trinajstić information content (AvgIpc) is 2.25. The van der Waals surface area contributed by atoms with E-state index in [1.165, 1.54) is 6.92 Å². The molecule has 1 aromatic rings. The van der Waals surface area contributed by atoms with Gasteiger partial charge in [-0.15, -0.1) is 0 Å². The highest BCUT2D eigenvalue weighted by atomic mass is 32.2. The second-order valence-corrected chi connectivity index (χ2v) is 6.38. The van der Waals surface area contributed by atoms with Crippen LogP contribution in [0.3, 0.4) is 0 Å². The molecular formula is C13H18O3S. The molecule has 0 fully saturated rings. The largest absolute Gasteiger partial charge is 0.299 e. The number of rotatable bonds is 5. The summed E-state index contributed by atoms with van der Waals surface area (Å²) < 4.78 is 24.5. The fourth-order valence-electron chi connectivity index (χ4n) is 1.73. The van der Waals surface area contributed by atoms with E-state index in [9.17, 15) is 13.2 Å². The fraction of sp³-hybridized carbons (Fsp3) is 0.462. The highest BCUT2D eigenvalue weighted by Crippen LogP contribution is 2.20. The zero-order chi connectivity index (χ0) is 13.1. The maximum Gasteiger partial charge on any atom is 0.188 e. The molecule has 0 saturated heterocycles. The van der Waals surface area contributed by atoms with Crippen LogP contribution >= 0.6 is 0 Å². The van der Waals surface area contributed by atoms with Gasteiger partial charge in [0.2, 0.25) is 0 Å². The first kappa shape index (κ1) is 13.9. The molecule has 0 N–H and O–H groups in total. The Morgan fingerprint density at radius 1 is 1.24 bits per heavy atom. The van der Waals surface area contributed by atoms with Gasteiger partial charge in [0.15, 0.2) is 9.84 Å². The molecule has 0 bridgehead atoms. The third-order valence-corrected chi connectivity index (χ3v) is 4.97. The van der Waals surface area contributed by atoms with Crippen LogP contribution in [0.15, 0.2) is 29.2 Å². The second kappa shape index (κ2) is 5.45. The Morgan fingerprint density at radius 2 is 1.76 bits per heavy atom. The summed E-state index contributed by atoms with van der Waals surface area (Å²) in [7, 11) is -3.53. The van der Waals surface area contributed by atoms with Crippen molar-refractivity contribution in [3.8, 4) is 0 Å². The summed E-state index contributed by atoms with van der Waals surface area (Å²) in [5.41, 5.74) is 0.999. The monoisotopic (exact) mass is 254 g/mol. The standard InChI is InChI=1S/C13H18O3S/c1-4-5-13(11(3)14)17(15,16)12-8-6-10(2)7-9-12/h6-9,13H,4-5H2,1-3H3. The zero-order valence-corrected chi connectivity index (χ0v) is 11.3. The Balaban J connectivity index is 3.16. The SMILES string of the molecule is CCCC(C(C)=O)S(=O)(=O)c1ccc(C)cc1. The van der Waals surface area contributed by atoms with Crippen LogP contribution in [0.1, 0.15) is 32.3 Å². The molecule has 3 nitrogen and oxygen atoms in total. The predicted octanol–water partition coefficient (Wildman–Crippen LogP) is 2.53. The maximum absolute atomic E-state index is 12.3. The first-order valence-electron chi connectivity index (χ1n) is 5.70. The van der Waals surface area contributed by atoms with Gasteiger partial charge in [-0.3, -0.25) is 4.79 Å². The van der Waals surface area contributed by atoms with Gasteiger partial charge in [-0.25, -0.2) is 8.42 Å². The number of Topliss-reactive ketones (excluding diaryl/α,β-unsaturated/α-hetero) is 1. The first-order valence-corrected chi connectivity index (χ1v) is 7.25. The molecule has 0 amide bonds. The van der Waals surface area contributed by atoms with E-state index in [-0.39, 0.29) is 10.7 Å². The molecule has 94 valence electrons. The molecular weight excluding hydrogens is 236 g/mol.